The maximum Gasteiger partial charge on any atom is 0.262 e. The molecule has 0 unspecified atom stereocenters. The number of amides is 1. The lowest BCUT2D eigenvalue weighted by Crippen LogP contribution is -2.26. The standard InChI is InChI=1S/C17H18N2O5S/c1-3-23-14-7-5-4-6-12(14)19-25(21,22)16-9-15-13(8-11(16)2)18-17(20)10-24-15/h4-9,19H,3,10H2,1-2H3,(H,18,20). The molecule has 0 atom stereocenters. The number of ether oxygens (including phenoxy) is 2. The Hall–Kier alpha value is -2.74. The van der Waals surface area contributed by atoms with E-state index < -0.39 is 10.0 Å². The molecule has 2 N–H and O–H groups in total. The van der Waals surface area contributed by atoms with Crippen LogP contribution in [0.1, 0.15) is 12.5 Å². The highest BCUT2D eigenvalue weighted by Gasteiger charge is 2.24. The minimum atomic E-state index is -3.85. The van der Waals surface area contributed by atoms with Crippen molar-refractivity contribution in [3.63, 3.8) is 0 Å². The van der Waals surface area contributed by atoms with Crippen molar-refractivity contribution in [1.82, 2.24) is 0 Å². The quantitative estimate of drug-likeness (QED) is 0.852. The van der Waals surface area contributed by atoms with Gasteiger partial charge < -0.3 is 14.8 Å². The molecular weight excluding hydrogens is 344 g/mol. The van der Waals surface area contributed by atoms with E-state index in [1.54, 1.807) is 37.3 Å². The van der Waals surface area contributed by atoms with Gasteiger partial charge in [0, 0.05) is 6.07 Å². The monoisotopic (exact) mass is 362 g/mol. The number of aryl methyl sites for hydroxylation is 1. The van der Waals surface area contributed by atoms with E-state index in [2.05, 4.69) is 10.0 Å². The smallest absolute Gasteiger partial charge is 0.262 e. The van der Waals surface area contributed by atoms with Crippen molar-refractivity contribution in [2.24, 2.45) is 0 Å². The molecule has 0 bridgehead atoms. The number of anilines is 2. The van der Waals surface area contributed by atoms with E-state index in [0.717, 1.165) is 0 Å². The fraction of sp³-hybridized carbons (Fsp3) is 0.235. The predicted molar refractivity (Wildman–Crippen MR) is 93.7 cm³/mol. The third-order valence-corrected chi connectivity index (χ3v) is 5.14. The Kier molecular flexibility index (Phi) is 4.54. The van der Waals surface area contributed by atoms with Crippen molar-refractivity contribution < 1.29 is 22.7 Å². The van der Waals surface area contributed by atoms with Gasteiger partial charge in [0.05, 0.1) is 22.9 Å². The van der Waals surface area contributed by atoms with E-state index in [4.69, 9.17) is 9.47 Å². The molecule has 25 heavy (non-hydrogen) atoms. The van der Waals surface area contributed by atoms with Gasteiger partial charge in [0.15, 0.2) is 6.61 Å². The number of hydrogen-bond acceptors (Lipinski definition) is 5. The minimum absolute atomic E-state index is 0.0775. The number of carbonyl (C=O) groups is 1. The average molecular weight is 362 g/mol. The number of carbonyl (C=O) groups excluding carboxylic acids is 1. The molecule has 132 valence electrons. The molecule has 0 spiro atoms. The highest BCUT2D eigenvalue weighted by atomic mass is 32.2. The summed E-state index contributed by atoms with van der Waals surface area (Å²) in [6.07, 6.45) is 0. The molecule has 7 nitrogen and oxygen atoms in total. The van der Waals surface area contributed by atoms with Crippen molar-refractivity contribution in [3.05, 3.63) is 42.0 Å². The summed E-state index contributed by atoms with van der Waals surface area (Å²) in [5.41, 5.74) is 1.31. The Balaban J connectivity index is 1.97. The van der Waals surface area contributed by atoms with E-state index in [0.29, 0.717) is 35.0 Å². The summed E-state index contributed by atoms with van der Waals surface area (Å²) < 4.78 is 38.9. The van der Waals surface area contributed by atoms with Gasteiger partial charge in [0.25, 0.3) is 15.9 Å². The summed E-state index contributed by atoms with van der Waals surface area (Å²) in [6, 6.07) is 9.81. The van der Waals surface area contributed by atoms with Gasteiger partial charge in [-0.15, -0.1) is 0 Å². The largest absolute Gasteiger partial charge is 0.492 e. The molecule has 0 aromatic heterocycles. The van der Waals surface area contributed by atoms with E-state index in [1.807, 2.05) is 6.92 Å². The molecule has 1 heterocycles. The minimum Gasteiger partial charge on any atom is -0.492 e. The number of sulfonamides is 1. The van der Waals surface area contributed by atoms with Crippen molar-refractivity contribution in [3.8, 4) is 11.5 Å². The number of benzene rings is 2. The predicted octanol–water partition coefficient (Wildman–Crippen LogP) is 2.53. The van der Waals surface area contributed by atoms with Crippen molar-refractivity contribution in [2.75, 3.05) is 23.3 Å². The normalized spacial score (nSPS) is 13.4. The van der Waals surface area contributed by atoms with Gasteiger partial charge in [-0.3, -0.25) is 9.52 Å². The van der Waals surface area contributed by atoms with E-state index in [1.165, 1.54) is 6.07 Å². The van der Waals surface area contributed by atoms with E-state index in [-0.39, 0.29) is 17.4 Å². The molecule has 1 amide bonds. The fourth-order valence-corrected chi connectivity index (χ4v) is 3.85. The zero-order chi connectivity index (χ0) is 18.0. The molecule has 0 saturated heterocycles. The third-order valence-electron chi connectivity index (χ3n) is 3.63. The Bertz CT molecular complexity index is 925. The van der Waals surface area contributed by atoms with Crippen molar-refractivity contribution in [2.45, 2.75) is 18.7 Å². The molecule has 1 aliphatic rings. The fourth-order valence-electron chi connectivity index (χ4n) is 2.54. The number of fused-ring (bicyclic) bond motifs is 1. The summed E-state index contributed by atoms with van der Waals surface area (Å²) in [7, 11) is -3.85. The second kappa shape index (κ2) is 6.64. The first-order valence-electron chi connectivity index (χ1n) is 7.72. The topological polar surface area (TPSA) is 93.7 Å². The van der Waals surface area contributed by atoms with E-state index >= 15 is 0 Å². The Labute approximate surface area is 146 Å². The Morgan fingerprint density at radius 1 is 1.28 bits per heavy atom. The highest BCUT2D eigenvalue weighted by Crippen LogP contribution is 2.34. The molecule has 2 aromatic rings. The molecule has 0 fully saturated rings. The summed E-state index contributed by atoms with van der Waals surface area (Å²) in [4.78, 5) is 11.5. The van der Waals surface area contributed by atoms with Crippen molar-refractivity contribution in [1.29, 1.82) is 0 Å². The van der Waals surface area contributed by atoms with Crippen LogP contribution < -0.4 is 19.5 Å². The van der Waals surface area contributed by atoms with Gasteiger partial charge in [-0.25, -0.2) is 8.42 Å². The summed E-state index contributed by atoms with van der Waals surface area (Å²) in [5.74, 6) is 0.502. The SMILES string of the molecule is CCOc1ccccc1NS(=O)(=O)c1cc2c(cc1C)NC(=O)CO2. The van der Waals surface area contributed by atoms with Crippen LogP contribution in [0.5, 0.6) is 11.5 Å². The first kappa shape index (κ1) is 17.1. The molecule has 0 aliphatic carbocycles. The van der Waals surface area contributed by atoms with Gasteiger partial charge in [0.1, 0.15) is 11.5 Å². The van der Waals surface area contributed by atoms with Crippen LogP contribution in [0.25, 0.3) is 0 Å². The molecular formula is C17H18N2O5S. The first-order valence-corrected chi connectivity index (χ1v) is 9.21. The number of nitrogens with one attached hydrogen (secondary N) is 2. The van der Waals surface area contributed by atoms with Gasteiger partial charge in [-0.1, -0.05) is 12.1 Å². The molecule has 1 aliphatic heterocycles. The van der Waals surface area contributed by atoms with Crippen molar-refractivity contribution >= 4 is 27.3 Å². The Morgan fingerprint density at radius 2 is 2.04 bits per heavy atom. The lowest BCUT2D eigenvalue weighted by Gasteiger charge is -2.20. The highest BCUT2D eigenvalue weighted by molar-refractivity contribution is 7.92. The number of rotatable bonds is 5. The zero-order valence-electron chi connectivity index (χ0n) is 13.8. The first-order chi connectivity index (χ1) is 11.9. The maximum atomic E-state index is 12.8. The summed E-state index contributed by atoms with van der Waals surface area (Å²) >= 11 is 0. The molecule has 0 saturated carbocycles. The van der Waals surface area contributed by atoms with Gasteiger partial charge in [-0.05, 0) is 37.6 Å². The van der Waals surface area contributed by atoms with Crippen LogP contribution in [0.15, 0.2) is 41.3 Å². The molecule has 0 radical (unpaired) electrons. The van der Waals surface area contributed by atoms with Crippen LogP contribution in [0.4, 0.5) is 11.4 Å². The molecule has 8 heteroatoms. The summed E-state index contributed by atoms with van der Waals surface area (Å²) in [6.45, 7) is 3.76. The lowest BCUT2D eigenvalue weighted by molar-refractivity contribution is -0.118. The average Bonchev–Trinajstić information content (AvgIpc) is 2.55. The van der Waals surface area contributed by atoms with Crippen LogP contribution in [0.2, 0.25) is 0 Å². The van der Waals surface area contributed by atoms with Gasteiger partial charge in [0.2, 0.25) is 0 Å². The second-order valence-electron chi connectivity index (χ2n) is 5.49. The van der Waals surface area contributed by atoms with Gasteiger partial charge >= 0.3 is 0 Å². The Morgan fingerprint density at radius 3 is 2.80 bits per heavy atom. The van der Waals surface area contributed by atoms with Crippen LogP contribution in [0.3, 0.4) is 0 Å². The number of hydrogen-bond donors (Lipinski definition) is 2. The van der Waals surface area contributed by atoms with Crippen LogP contribution in [-0.2, 0) is 14.8 Å². The number of para-hydroxylation sites is 2. The maximum absolute atomic E-state index is 12.8. The van der Waals surface area contributed by atoms with Crippen LogP contribution >= 0.6 is 0 Å². The van der Waals surface area contributed by atoms with Gasteiger partial charge in [-0.2, -0.15) is 0 Å². The molecule has 2 aromatic carbocycles. The second-order valence-corrected chi connectivity index (χ2v) is 7.14. The van der Waals surface area contributed by atoms with Crippen LogP contribution in [-0.4, -0.2) is 27.5 Å². The summed E-state index contributed by atoms with van der Waals surface area (Å²) in [5, 5.41) is 2.66. The van der Waals surface area contributed by atoms with Crippen LogP contribution in [0, 0.1) is 6.92 Å². The zero-order valence-corrected chi connectivity index (χ0v) is 14.6. The van der Waals surface area contributed by atoms with E-state index in [9.17, 15) is 13.2 Å². The lowest BCUT2D eigenvalue weighted by atomic mass is 10.2. The molecule has 3 rings (SSSR count). The third kappa shape index (κ3) is 3.53.